The minimum Gasteiger partial charge on any atom is -0.374 e. The van der Waals surface area contributed by atoms with Crippen LogP contribution in [-0.2, 0) is 0 Å². The highest BCUT2D eigenvalue weighted by Crippen LogP contribution is 2.22. The third-order valence-corrected chi connectivity index (χ3v) is 2.09. The molecule has 0 spiro atoms. The molecule has 0 radical (unpaired) electrons. The fourth-order valence-corrected chi connectivity index (χ4v) is 1.38. The summed E-state index contributed by atoms with van der Waals surface area (Å²) in [4.78, 5) is 2.23. The standard InChI is InChI=1S/C11H15N/c1-4-6-7-11-10(5-2)8-9-12(11)3/h4-7H,1-2,8-9H2,3H3/b7-6-. The zero-order valence-electron chi connectivity index (χ0n) is 7.59. The Morgan fingerprint density at radius 2 is 2.17 bits per heavy atom. The molecule has 0 atom stereocenters. The van der Waals surface area contributed by atoms with E-state index in [1.54, 1.807) is 6.08 Å². The van der Waals surface area contributed by atoms with E-state index >= 15 is 0 Å². The van der Waals surface area contributed by atoms with Crippen LogP contribution in [-0.4, -0.2) is 18.5 Å². The highest BCUT2D eigenvalue weighted by molar-refractivity contribution is 5.35. The Morgan fingerprint density at radius 3 is 2.75 bits per heavy atom. The van der Waals surface area contributed by atoms with Crippen LogP contribution in [0.25, 0.3) is 0 Å². The topological polar surface area (TPSA) is 3.24 Å². The highest BCUT2D eigenvalue weighted by atomic mass is 15.1. The average Bonchev–Trinajstić information content (AvgIpc) is 2.43. The molecule has 1 heterocycles. The summed E-state index contributed by atoms with van der Waals surface area (Å²) in [5.41, 5.74) is 2.60. The second kappa shape index (κ2) is 3.96. The van der Waals surface area contributed by atoms with Gasteiger partial charge in [-0.15, -0.1) is 0 Å². The molecule has 0 saturated heterocycles. The summed E-state index contributed by atoms with van der Waals surface area (Å²) in [6.45, 7) is 8.53. The number of likely N-dealkylation sites (N-methyl/N-ethyl adjacent to an activating group) is 1. The number of hydrogen-bond donors (Lipinski definition) is 0. The quantitative estimate of drug-likeness (QED) is 0.575. The normalized spacial score (nSPS) is 17.6. The summed E-state index contributed by atoms with van der Waals surface area (Å²) in [7, 11) is 2.10. The molecule has 1 aliphatic heterocycles. The van der Waals surface area contributed by atoms with Crippen molar-refractivity contribution in [1.82, 2.24) is 4.90 Å². The molecule has 64 valence electrons. The van der Waals surface area contributed by atoms with Crippen molar-refractivity contribution in [2.75, 3.05) is 13.6 Å². The lowest BCUT2D eigenvalue weighted by Gasteiger charge is -2.12. The predicted octanol–water partition coefficient (Wildman–Crippen LogP) is 2.50. The first-order chi connectivity index (χ1) is 5.79. The number of rotatable bonds is 3. The van der Waals surface area contributed by atoms with Gasteiger partial charge < -0.3 is 4.90 Å². The Balaban J connectivity index is 2.86. The highest BCUT2D eigenvalue weighted by Gasteiger charge is 2.13. The van der Waals surface area contributed by atoms with E-state index in [9.17, 15) is 0 Å². The molecular formula is C11H15N. The number of hydrogen-bond acceptors (Lipinski definition) is 1. The van der Waals surface area contributed by atoms with E-state index in [0.29, 0.717) is 0 Å². The van der Waals surface area contributed by atoms with E-state index < -0.39 is 0 Å². The molecule has 0 unspecified atom stereocenters. The zero-order chi connectivity index (χ0) is 8.97. The monoisotopic (exact) mass is 161 g/mol. The summed E-state index contributed by atoms with van der Waals surface area (Å²) < 4.78 is 0. The van der Waals surface area contributed by atoms with E-state index in [2.05, 4.69) is 31.2 Å². The summed E-state index contributed by atoms with van der Waals surface area (Å²) in [6, 6.07) is 0. The second-order valence-electron chi connectivity index (χ2n) is 2.88. The zero-order valence-corrected chi connectivity index (χ0v) is 7.59. The average molecular weight is 161 g/mol. The van der Waals surface area contributed by atoms with E-state index in [-0.39, 0.29) is 0 Å². The second-order valence-corrected chi connectivity index (χ2v) is 2.88. The molecule has 12 heavy (non-hydrogen) atoms. The van der Waals surface area contributed by atoms with E-state index in [1.807, 2.05) is 12.2 Å². The maximum Gasteiger partial charge on any atom is 0.0396 e. The lowest BCUT2D eigenvalue weighted by atomic mass is 10.2. The summed E-state index contributed by atoms with van der Waals surface area (Å²) >= 11 is 0. The van der Waals surface area contributed by atoms with Crippen molar-refractivity contribution in [2.24, 2.45) is 0 Å². The molecule has 1 rings (SSSR count). The Labute approximate surface area is 74.4 Å². The van der Waals surface area contributed by atoms with Crippen molar-refractivity contribution < 1.29 is 0 Å². The summed E-state index contributed by atoms with van der Waals surface area (Å²) in [5, 5.41) is 0. The van der Waals surface area contributed by atoms with Crippen LogP contribution in [0.3, 0.4) is 0 Å². The van der Waals surface area contributed by atoms with Gasteiger partial charge in [-0.25, -0.2) is 0 Å². The lowest BCUT2D eigenvalue weighted by Crippen LogP contribution is -2.11. The van der Waals surface area contributed by atoms with Crippen LogP contribution in [0, 0.1) is 0 Å². The first-order valence-corrected chi connectivity index (χ1v) is 4.15. The van der Waals surface area contributed by atoms with Crippen LogP contribution in [0.15, 0.2) is 48.7 Å². The van der Waals surface area contributed by atoms with Crippen LogP contribution in [0.4, 0.5) is 0 Å². The lowest BCUT2D eigenvalue weighted by molar-refractivity contribution is 0.472. The maximum atomic E-state index is 3.79. The van der Waals surface area contributed by atoms with Crippen LogP contribution < -0.4 is 0 Å². The molecule has 0 aliphatic carbocycles. The fourth-order valence-electron chi connectivity index (χ4n) is 1.38. The van der Waals surface area contributed by atoms with Crippen LogP contribution in [0.5, 0.6) is 0 Å². The van der Waals surface area contributed by atoms with E-state index in [4.69, 9.17) is 0 Å². The summed E-state index contributed by atoms with van der Waals surface area (Å²) in [5.74, 6) is 0. The molecule has 0 aromatic heterocycles. The van der Waals surface area contributed by atoms with Crippen LogP contribution in [0.2, 0.25) is 0 Å². The van der Waals surface area contributed by atoms with Gasteiger partial charge in [0.05, 0.1) is 0 Å². The van der Waals surface area contributed by atoms with Crippen molar-refractivity contribution in [3.63, 3.8) is 0 Å². The molecule has 1 aliphatic rings. The minimum atomic E-state index is 1.10. The van der Waals surface area contributed by atoms with Crippen molar-refractivity contribution in [3.8, 4) is 0 Å². The maximum absolute atomic E-state index is 3.79. The largest absolute Gasteiger partial charge is 0.374 e. The molecule has 1 nitrogen and oxygen atoms in total. The van der Waals surface area contributed by atoms with Gasteiger partial charge in [-0.2, -0.15) is 0 Å². The van der Waals surface area contributed by atoms with Crippen molar-refractivity contribution in [3.05, 3.63) is 48.7 Å². The van der Waals surface area contributed by atoms with Gasteiger partial charge >= 0.3 is 0 Å². The first kappa shape index (κ1) is 8.85. The van der Waals surface area contributed by atoms with Gasteiger partial charge in [0, 0.05) is 19.3 Å². The van der Waals surface area contributed by atoms with Crippen molar-refractivity contribution >= 4 is 0 Å². The van der Waals surface area contributed by atoms with Gasteiger partial charge in [0.1, 0.15) is 0 Å². The van der Waals surface area contributed by atoms with Gasteiger partial charge in [-0.1, -0.05) is 31.4 Å². The number of nitrogens with zero attached hydrogens (tertiary/aromatic N) is 1. The Hall–Kier alpha value is -1.24. The molecule has 0 saturated carbocycles. The van der Waals surface area contributed by atoms with Gasteiger partial charge in [0.15, 0.2) is 0 Å². The minimum absolute atomic E-state index is 1.10. The first-order valence-electron chi connectivity index (χ1n) is 4.15. The summed E-state index contributed by atoms with van der Waals surface area (Å²) in [6.07, 6.45) is 8.88. The van der Waals surface area contributed by atoms with E-state index in [1.165, 1.54) is 11.3 Å². The van der Waals surface area contributed by atoms with Crippen LogP contribution >= 0.6 is 0 Å². The van der Waals surface area contributed by atoms with Crippen molar-refractivity contribution in [2.45, 2.75) is 6.42 Å². The van der Waals surface area contributed by atoms with Crippen molar-refractivity contribution in [1.29, 1.82) is 0 Å². The third kappa shape index (κ3) is 1.67. The number of allylic oxidation sites excluding steroid dienone is 4. The molecule has 0 aromatic rings. The molecule has 1 heteroatoms. The fraction of sp³-hybridized carbons (Fsp3) is 0.273. The molecular weight excluding hydrogens is 146 g/mol. The van der Waals surface area contributed by atoms with Crippen LogP contribution in [0.1, 0.15) is 6.42 Å². The Morgan fingerprint density at radius 1 is 1.42 bits per heavy atom. The molecule has 0 amide bonds. The molecule has 0 fully saturated rings. The predicted molar refractivity (Wildman–Crippen MR) is 53.8 cm³/mol. The molecule has 0 N–H and O–H groups in total. The van der Waals surface area contributed by atoms with Gasteiger partial charge in [0.25, 0.3) is 0 Å². The van der Waals surface area contributed by atoms with Gasteiger partial charge in [-0.3, -0.25) is 0 Å². The van der Waals surface area contributed by atoms with Gasteiger partial charge in [-0.05, 0) is 18.1 Å². The third-order valence-electron chi connectivity index (χ3n) is 2.09. The van der Waals surface area contributed by atoms with Gasteiger partial charge in [0.2, 0.25) is 0 Å². The SMILES string of the molecule is C=C/C=C\C1=C(C=C)CCN1C. The Bertz CT molecular complexity index is 246. The Kier molecular flexibility index (Phi) is 2.92. The van der Waals surface area contributed by atoms with E-state index in [0.717, 1.165) is 13.0 Å². The smallest absolute Gasteiger partial charge is 0.0396 e. The molecule has 0 aromatic carbocycles. The molecule has 0 bridgehead atoms.